The first-order chi connectivity index (χ1) is 8.29. The molecular weight excluding hydrogens is 250 g/mol. The molecule has 2 aromatic rings. The molecule has 1 atom stereocenters. The van der Waals surface area contributed by atoms with E-state index in [-0.39, 0.29) is 0 Å². The Morgan fingerprint density at radius 1 is 1.24 bits per heavy atom. The van der Waals surface area contributed by atoms with Crippen LogP contribution >= 0.6 is 22.9 Å². The summed E-state index contributed by atoms with van der Waals surface area (Å²) in [6.07, 6.45) is 2.01. The number of rotatable bonds is 5. The molecule has 0 aliphatic carbocycles. The van der Waals surface area contributed by atoms with E-state index >= 15 is 0 Å². The molecule has 0 fully saturated rings. The van der Waals surface area contributed by atoms with Gasteiger partial charge in [-0.25, -0.2) is 0 Å². The van der Waals surface area contributed by atoms with Gasteiger partial charge in [-0.15, -0.1) is 0 Å². The highest BCUT2D eigenvalue weighted by atomic mass is 35.5. The van der Waals surface area contributed by atoms with Gasteiger partial charge in [0.15, 0.2) is 0 Å². The molecule has 0 aliphatic heterocycles. The van der Waals surface area contributed by atoms with Gasteiger partial charge in [0.2, 0.25) is 0 Å². The minimum absolute atomic E-state index is 0.435. The number of benzene rings is 1. The fourth-order valence-corrected chi connectivity index (χ4v) is 2.79. The van der Waals surface area contributed by atoms with Crippen LogP contribution in [0.25, 0.3) is 0 Å². The SMILES string of the molecule is CNC(Cc1ccsc1)Cc1ccccc1Cl. The second-order valence-electron chi connectivity index (χ2n) is 4.12. The molecule has 0 saturated heterocycles. The average molecular weight is 266 g/mol. The molecule has 90 valence electrons. The maximum atomic E-state index is 6.18. The number of nitrogens with one attached hydrogen (secondary N) is 1. The normalized spacial score (nSPS) is 12.6. The quantitative estimate of drug-likeness (QED) is 0.868. The van der Waals surface area contributed by atoms with Crippen molar-refractivity contribution in [1.82, 2.24) is 5.32 Å². The van der Waals surface area contributed by atoms with E-state index in [4.69, 9.17) is 11.6 Å². The standard InChI is InChI=1S/C14H16ClNS/c1-16-13(8-11-6-7-17-10-11)9-12-4-2-3-5-14(12)15/h2-7,10,13,16H,8-9H2,1H3. The number of hydrogen-bond acceptors (Lipinski definition) is 2. The number of halogens is 1. The first-order valence-electron chi connectivity index (χ1n) is 5.71. The van der Waals surface area contributed by atoms with Crippen LogP contribution in [0, 0.1) is 0 Å². The maximum Gasteiger partial charge on any atom is 0.0438 e. The topological polar surface area (TPSA) is 12.0 Å². The smallest absolute Gasteiger partial charge is 0.0438 e. The third-order valence-electron chi connectivity index (χ3n) is 2.89. The zero-order valence-corrected chi connectivity index (χ0v) is 11.4. The van der Waals surface area contributed by atoms with Crippen LogP contribution < -0.4 is 5.32 Å². The van der Waals surface area contributed by atoms with Crippen molar-refractivity contribution in [2.24, 2.45) is 0 Å². The van der Waals surface area contributed by atoms with Crippen molar-refractivity contribution in [3.8, 4) is 0 Å². The van der Waals surface area contributed by atoms with E-state index < -0.39 is 0 Å². The van der Waals surface area contributed by atoms with E-state index in [1.807, 2.05) is 25.2 Å². The maximum absolute atomic E-state index is 6.18. The van der Waals surface area contributed by atoms with Gasteiger partial charge < -0.3 is 5.32 Å². The molecular formula is C14H16ClNS. The molecule has 1 unspecified atom stereocenters. The predicted octanol–water partition coefficient (Wildman–Crippen LogP) is 3.77. The summed E-state index contributed by atoms with van der Waals surface area (Å²) in [7, 11) is 2.01. The third kappa shape index (κ3) is 3.56. The highest BCUT2D eigenvalue weighted by Gasteiger charge is 2.10. The zero-order valence-electron chi connectivity index (χ0n) is 9.82. The zero-order chi connectivity index (χ0) is 12.1. The Morgan fingerprint density at radius 3 is 2.71 bits per heavy atom. The number of hydrogen-bond donors (Lipinski definition) is 1. The van der Waals surface area contributed by atoms with Gasteiger partial charge in [0.25, 0.3) is 0 Å². The van der Waals surface area contributed by atoms with Gasteiger partial charge in [-0.2, -0.15) is 11.3 Å². The molecule has 1 heterocycles. The third-order valence-corrected chi connectivity index (χ3v) is 4.00. The second kappa shape index (κ2) is 6.20. The molecule has 17 heavy (non-hydrogen) atoms. The average Bonchev–Trinajstić information content (AvgIpc) is 2.84. The van der Waals surface area contributed by atoms with Crippen molar-refractivity contribution >= 4 is 22.9 Å². The minimum Gasteiger partial charge on any atom is -0.316 e. The molecule has 0 amide bonds. The van der Waals surface area contributed by atoms with Crippen molar-refractivity contribution in [2.75, 3.05) is 7.05 Å². The lowest BCUT2D eigenvalue weighted by atomic mass is 10.0. The molecule has 2 rings (SSSR count). The van der Waals surface area contributed by atoms with Crippen molar-refractivity contribution in [3.63, 3.8) is 0 Å². The lowest BCUT2D eigenvalue weighted by Gasteiger charge is -2.16. The summed E-state index contributed by atoms with van der Waals surface area (Å²) >= 11 is 7.93. The van der Waals surface area contributed by atoms with Gasteiger partial charge >= 0.3 is 0 Å². The summed E-state index contributed by atoms with van der Waals surface area (Å²) in [5.41, 5.74) is 2.60. The van der Waals surface area contributed by atoms with Gasteiger partial charge in [0.1, 0.15) is 0 Å². The van der Waals surface area contributed by atoms with Gasteiger partial charge in [-0.05, 0) is 53.9 Å². The molecule has 1 nitrogen and oxygen atoms in total. The molecule has 3 heteroatoms. The largest absolute Gasteiger partial charge is 0.316 e. The van der Waals surface area contributed by atoms with Gasteiger partial charge in [-0.3, -0.25) is 0 Å². The van der Waals surface area contributed by atoms with Gasteiger partial charge in [0, 0.05) is 11.1 Å². The fourth-order valence-electron chi connectivity index (χ4n) is 1.90. The summed E-state index contributed by atoms with van der Waals surface area (Å²) in [5.74, 6) is 0. The predicted molar refractivity (Wildman–Crippen MR) is 76.0 cm³/mol. The van der Waals surface area contributed by atoms with E-state index in [9.17, 15) is 0 Å². The fraction of sp³-hybridized carbons (Fsp3) is 0.286. The molecule has 1 aromatic heterocycles. The van der Waals surface area contributed by atoms with Crippen molar-refractivity contribution in [1.29, 1.82) is 0 Å². The van der Waals surface area contributed by atoms with E-state index in [0.29, 0.717) is 6.04 Å². The van der Waals surface area contributed by atoms with Crippen LogP contribution in [0.1, 0.15) is 11.1 Å². The monoisotopic (exact) mass is 265 g/mol. The molecule has 0 saturated carbocycles. The Kier molecular flexibility index (Phi) is 4.60. The van der Waals surface area contributed by atoms with E-state index in [2.05, 4.69) is 28.2 Å². The van der Waals surface area contributed by atoms with E-state index in [1.165, 1.54) is 11.1 Å². The van der Waals surface area contributed by atoms with Gasteiger partial charge in [0.05, 0.1) is 0 Å². The van der Waals surface area contributed by atoms with Crippen LogP contribution in [0.5, 0.6) is 0 Å². The van der Waals surface area contributed by atoms with Crippen molar-refractivity contribution < 1.29 is 0 Å². The summed E-state index contributed by atoms with van der Waals surface area (Å²) in [4.78, 5) is 0. The molecule has 0 bridgehead atoms. The van der Waals surface area contributed by atoms with Crippen molar-refractivity contribution in [2.45, 2.75) is 18.9 Å². The Bertz CT molecular complexity index is 453. The van der Waals surface area contributed by atoms with Crippen LogP contribution in [-0.4, -0.2) is 13.1 Å². The lowest BCUT2D eigenvalue weighted by molar-refractivity contribution is 0.557. The Balaban J connectivity index is 2.03. The molecule has 1 N–H and O–H groups in total. The summed E-state index contributed by atoms with van der Waals surface area (Å²) < 4.78 is 0. The molecule has 0 aliphatic rings. The summed E-state index contributed by atoms with van der Waals surface area (Å²) in [6.45, 7) is 0. The highest BCUT2D eigenvalue weighted by molar-refractivity contribution is 7.07. The van der Waals surface area contributed by atoms with Crippen molar-refractivity contribution in [3.05, 3.63) is 57.2 Å². The first-order valence-corrected chi connectivity index (χ1v) is 7.03. The van der Waals surface area contributed by atoms with Crippen LogP contribution in [0.2, 0.25) is 5.02 Å². The number of thiophene rings is 1. The Hall–Kier alpha value is -0.830. The first kappa shape index (κ1) is 12.6. The summed E-state index contributed by atoms with van der Waals surface area (Å²) in [5, 5.41) is 8.55. The highest BCUT2D eigenvalue weighted by Crippen LogP contribution is 2.18. The molecule has 0 spiro atoms. The minimum atomic E-state index is 0.435. The Morgan fingerprint density at radius 2 is 2.06 bits per heavy atom. The van der Waals surface area contributed by atoms with E-state index in [1.54, 1.807) is 11.3 Å². The number of likely N-dealkylation sites (N-methyl/N-ethyl adjacent to an activating group) is 1. The van der Waals surface area contributed by atoms with Crippen LogP contribution in [0.4, 0.5) is 0 Å². The molecule has 1 aromatic carbocycles. The summed E-state index contributed by atoms with van der Waals surface area (Å²) in [6, 6.07) is 10.7. The van der Waals surface area contributed by atoms with Crippen LogP contribution in [-0.2, 0) is 12.8 Å². The van der Waals surface area contributed by atoms with Gasteiger partial charge in [-0.1, -0.05) is 29.8 Å². The van der Waals surface area contributed by atoms with Crippen LogP contribution in [0.3, 0.4) is 0 Å². The Labute approximate surface area is 111 Å². The molecule has 0 radical (unpaired) electrons. The van der Waals surface area contributed by atoms with E-state index in [0.717, 1.165) is 17.9 Å². The lowest BCUT2D eigenvalue weighted by Crippen LogP contribution is -2.29. The second-order valence-corrected chi connectivity index (χ2v) is 5.30. The van der Waals surface area contributed by atoms with Crippen LogP contribution in [0.15, 0.2) is 41.1 Å².